The standard InChI is InChI=1S/C17H23.C17H17.C7H7.CH3.CH2.2ClH.Zr/c1-11-3-4-14(5-11)17(2)15-7-12-6-13(9-15)10-16(17)8-12;1-10-5-14-9-15-6-11(2)13(4)8-17(15)16(14)7-12(10)3;1-7-5-3-2-4-6-7;;;;;/h4-5,11-13,15-16H,6-10H2,1-2H3;5,7-8H,9H2,1-4H3;3-6H,1H3;1H3;1H2;2*1H;. The predicted molar refractivity (Wildman–Crippen MR) is 202 cm³/mol. The number of aryl methyl sites for hydroxylation is 4. The zero-order valence-electron chi connectivity index (χ0n) is 29.3. The van der Waals surface area contributed by atoms with Crippen molar-refractivity contribution < 1.29 is 18.3 Å². The zero-order chi connectivity index (χ0) is 30.9. The number of allylic oxidation sites excluding steroid dienone is 4. The van der Waals surface area contributed by atoms with Gasteiger partial charge in [0.2, 0.25) is 0 Å². The van der Waals surface area contributed by atoms with Crippen LogP contribution in [0.15, 0.2) is 63.5 Å². The summed E-state index contributed by atoms with van der Waals surface area (Å²) in [7, 11) is 0. The van der Waals surface area contributed by atoms with E-state index in [0.717, 1.165) is 30.1 Å². The molecule has 9 rings (SSSR count). The zero-order valence-corrected chi connectivity index (χ0v) is 33.4. The van der Waals surface area contributed by atoms with Crippen LogP contribution in [-0.4, -0.2) is 4.21 Å². The first-order valence-electron chi connectivity index (χ1n) is 17.6. The summed E-state index contributed by atoms with van der Waals surface area (Å²) in [6.07, 6.45) is 13.9. The Balaban J connectivity index is 0.00000186. The summed E-state index contributed by atoms with van der Waals surface area (Å²) in [5, 5.41) is 0. The minimum atomic E-state index is -4.40. The van der Waals surface area contributed by atoms with Crippen LogP contribution in [0.1, 0.15) is 84.9 Å². The summed E-state index contributed by atoms with van der Waals surface area (Å²) < 4.78 is 13.3. The molecule has 0 N–H and O–H groups in total. The Labute approximate surface area is 292 Å². The van der Waals surface area contributed by atoms with E-state index in [1.54, 1.807) is 17.7 Å². The fraction of sp³-hybridized carbons (Fsp3) is 0.465. The van der Waals surface area contributed by atoms with Crippen molar-refractivity contribution in [1.82, 2.24) is 0 Å². The molecule has 0 heterocycles. The van der Waals surface area contributed by atoms with Gasteiger partial charge in [0.1, 0.15) is 0 Å². The SMILES string of the molecule is Cl.Cl.[CH2]=[Zr]([CH3])([C]1=CC(C2(C)C3CC4CC(C3)CC2C4)=CC1C)([c]1ccc(C)cc1)[c]1c(C)c(C)cc2c1Cc1cc(C)c(C)cc1-2. The van der Waals surface area contributed by atoms with Crippen LogP contribution in [0, 0.1) is 69.6 Å². The van der Waals surface area contributed by atoms with Gasteiger partial charge in [-0.05, 0) is 0 Å². The molecule has 244 valence electrons. The maximum atomic E-state index is 5.68. The molecule has 3 aromatic carbocycles. The second kappa shape index (κ2) is 11.3. The van der Waals surface area contributed by atoms with Gasteiger partial charge in [-0.3, -0.25) is 0 Å². The number of hydrogen-bond acceptors (Lipinski definition) is 0. The fourth-order valence-corrected chi connectivity index (χ4v) is 26.7. The molecule has 0 nitrogen and oxygen atoms in total. The topological polar surface area (TPSA) is 0 Å². The Bertz CT molecular complexity index is 1860. The summed E-state index contributed by atoms with van der Waals surface area (Å²) in [5.74, 6) is 4.14. The van der Waals surface area contributed by atoms with Gasteiger partial charge < -0.3 is 0 Å². The molecular formula is C43H54Cl2Zr. The monoisotopic (exact) mass is 730 g/mol. The Morgan fingerprint density at radius 3 is 1.93 bits per heavy atom. The van der Waals surface area contributed by atoms with Crippen molar-refractivity contribution in [1.29, 1.82) is 0 Å². The van der Waals surface area contributed by atoms with Gasteiger partial charge in [0.15, 0.2) is 0 Å². The van der Waals surface area contributed by atoms with Crippen LogP contribution < -0.4 is 6.54 Å². The maximum absolute atomic E-state index is 5.68. The van der Waals surface area contributed by atoms with Crippen LogP contribution in [0.5, 0.6) is 0 Å². The summed E-state index contributed by atoms with van der Waals surface area (Å²) in [5.41, 5.74) is 15.1. The van der Waals surface area contributed by atoms with E-state index in [4.69, 9.17) is 4.21 Å². The predicted octanol–water partition coefficient (Wildman–Crippen LogP) is 10.7. The normalized spacial score (nSPS) is 29.0. The van der Waals surface area contributed by atoms with Crippen LogP contribution in [0.4, 0.5) is 0 Å². The Morgan fingerprint density at radius 1 is 0.761 bits per heavy atom. The average Bonchev–Trinajstić information content (AvgIpc) is 3.53. The van der Waals surface area contributed by atoms with E-state index in [1.165, 1.54) is 79.9 Å². The summed E-state index contributed by atoms with van der Waals surface area (Å²) in [4.78, 5) is 0. The molecular weight excluding hydrogens is 679 g/mol. The van der Waals surface area contributed by atoms with E-state index >= 15 is 0 Å². The molecule has 0 aliphatic heterocycles. The number of benzene rings is 3. The van der Waals surface area contributed by atoms with Crippen molar-refractivity contribution in [2.24, 2.45) is 35.0 Å². The molecule has 46 heavy (non-hydrogen) atoms. The number of fused-ring (bicyclic) bond motifs is 3. The molecule has 4 fully saturated rings. The van der Waals surface area contributed by atoms with Gasteiger partial charge in [-0.2, -0.15) is 0 Å². The molecule has 0 radical (unpaired) electrons. The molecule has 4 saturated carbocycles. The molecule has 6 aliphatic carbocycles. The van der Waals surface area contributed by atoms with Crippen molar-refractivity contribution in [3.63, 3.8) is 0 Å². The van der Waals surface area contributed by atoms with Gasteiger partial charge in [-0.1, -0.05) is 0 Å². The van der Waals surface area contributed by atoms with Crippen LogP contribution in [0.2, 0.25) is 4.63 Å². The van der Waals surface area contributed by atoms with Crippen molar-refractivity contribution in [2.75, 3.05) is 0 Å². The van der Waals surface area contributed by atoms with E-state index in [0.29, 0.717) is 11.3 Å². The molecule has 0 spiro atoms. The van der Waals surface area contributed by atoms with Gasteiger partial charge in [0.25, 0.3) is 0 Å². The second-order valence-electron chi connectivity index (χ2n) is 17.0. The molecule has 0 aromatic heterocycles. The molecule has 4 bridgehead atoms. The van der Waals surface area contributed by atoms with E-state index in [9.17, 15) is 0 Å². The van der Waals surface area contributed by atoms with Crippen molar-refractivity contribution in [2.45, 2.75) is 91.6 Å². The molecule has 1 atom stereocenters. The van der Waals surface area contributed by atoms with Crippen LogP contribution >= 0.6 is 24.8 Å². The average molecular weight is 733 g/mol. The number of rotatable bonds is 4. The first-order valence-corrected chi connectivity index (χ1v) is 25.5. The molecule has 3 heteroatoms. The number of hydrogen-bond donors (Lipinski definition) is 0. The Hall–Kier alpha value is -1.53. The van der Waals surface area contributed by atoms with E-state index < -0.39 is 18.3 Å². The molecule has 1 unspecified atom stereocenters. The Morgan fingerprint density at radius 2 is 1.33 bits per heavy atom. The van der Waals surface area contributed by atoms with E-state index in [2.05, 4.69) is 108 Å². The van der Waals surface area contributed by atoms with E-state index in [1.807, 2.05) is 0 Å². The first-order chi connectivity index (χ1) is 20.8. The van der Waals surface area contributed by atoms with E-state index in [-0.39, 0.29) is 24.8 Å². The van der Waals surface area contributed by atoms with Gasteiger partial charge in [-0.25, -0.2) is 0 Å². The van der Waals surface area contributed by atoms with Crippen molar-refractivity contribution >= 4 is 35.6 Å². The molecule has 0 saturated heterocycles. The quantitative estimate of drug-likeness (QED) is 0.196. The second-order valence-corrected chi connectivity index (χ2v) is 30.9. The summed E-state index contributed by atoms with van der Waals surface area (Å²) in [6.45, 7) is 16.8. The first kappa shape index (κ1) is 34.3. The summed E-state index contributed by atoms with van der Waals surface area (Å²) >= 11 is -4.40. The molecule has 3 aromatic rings. The fourth-order valence-electron chi connectivity index (χ4n) is 11.7. The van der Waals surface area contributed by atoms with Gasteiger partial charge in [0, 0.05) is 0 Å². The molecule has 0 amide bonds. The van der Waals surface area contributed by atoms with Crippen molar-refractivity contribution in [3.8, 4) is 11.1 Å². The van der Waals surface area contributed by atoms with Crippen LogP contribution in [0.25, 0.3) is 11.1 Å². The van der Waals surface area contributed by atoms with Crippen molar-refractivity contribution in [3.05, 3.63) is 102 Å². The number of halogens is 2. The van der Waals surface area contributed by atoms with Crippen LogP contribution in [-0.2, 0) is 24.7 Å². The third-order valence-corrected chi connectivity index (χ3v) is 29.3. The van der Waals surface area contributed by atoms with Gasteiger partial charge in [0.05, 0.1) is 0 Å². The minimum absolute atomic E-state index is 0. The van der Waals surface area contributed by atoms with Gasteiger partial charge >= 0.3 is 269 Å². The third kappa shape index (κ3) is 4.57. The molecule has 6 aliphatic rings. The Kier molecular flexibility index (Phi) is 8.40. The third-order valence-electron chi connectivity index (χ3n) is 14.3. The van der Waals surface area contributed by atoms with Crippen LogP contribution in [0.3, 0.4) is 0 Å². The van der Waals surface area contributed by atoms with Gasteiger partial charge in [-0.15, -0.1) is 24.8 Å². The summed E-state index contributed by atoms with van der Waals surface area (Å²) in [6, 6.07) is 17.1.